The lowest BCUT2D eigenvalue weighted by Gasteiger charge is -1.98. The summed E-state index contributed by atoms with van der Waals surface area (Å²) in [5.74, 6) is -0.417. The van der Waals surface area contributed by atoms with E-state index >= 15 is 0 Å². The first-order chi connectivity index (χ1) is 5.52. The maximum Gasteiger partial charge on any atom is 0.335 e. The van der Waals surface area contributed by atoms with E-state index in [2.05, 4.69) is 0 Å². The summed E-state index contributed by atoms with van der Waals surface area (Å²) in [6.45, 7) is 2.77. The molecule has 0 bridgehead atoms. The van der Waals surface area contributed by atoms with E-state index in [1.54, 1.807) is 0 Å². The van der Waals surface area contributed by atoms with Gasteiger partial charge in [-0.1, -0.05) is 0 Å². The molecule has 0 aromatic carbocycles. The molecule has 0 aliphatic rings. The predicted octanol–water partition coefficient (Wildman–Crippen LogP) is -0.495. The average molecular weight is 168 g/mol. The second kappa shape index (κ2) is 2.77. The molecule has 5 heteroatoms. The van der Waals surface area contributed by atoms with E-state index in [1.807, 2.05) is 4.98 Å². The van der Waals surface area contributed by atoms with Crippen molar-refractivity contribution in [1.82, 2.24) is 9.55 Å². The summed E-state index contributed by atoms with van der Waals surface area (Å²) < 4.78 is 0.858. The zero-order valence-corrected chi connectivity index (χ0v) is 6.75. The van der Waals surface area contributed by atoms with E-state index in [0.717, 1.165) is 4.57 Å². The van der Waals surface area contributed by atoms with Gasteiger partial charge in [0.25, 0.3) is 5.56 Å². The summed E-state index contributed by atoms with van der Waals surface area (Å²) in [6.07, 6.45) is 1.23. The van der Waals surface area contributed by atoms with Gasteiger partial charge in [-0.2, -0.15) is 0 Å². The third kappa shape index (κ3) is 1.34. The highest BCUT2D eigenvalue weighted by Gasteiger charge is 2.02. The summed E-state index contributed by atoms with van der Waals surface area (Å²) in [5.41, 5.74) is -0.819. The number of nitrogens with zero attached hydrogens (tertiary/aromatic N) is 1. The first-order valence-corrected chi connectivity index (χ1v) is 3.36. The van der Waals surface area contributed by atoms with E-state index in [0.29, 0.717) is 5.56 Å². The molecule has 0 fully saturated rings. The molecule has 0 amide bonds. The highest BCUT2D eigenvalue weighted by Crippen LogP contribution is 1.82. The second-order valence-electron chi connectivity index (χ2n) is 2.46. The van der Waals surface area contributed by atoms with Crippen molar-refractivity contribution in [2.24, 2.45) is 0 Å². The Morgan fingerprint density at radius 3 is 2.58 bits per heavy atom. The zero-order chi connectivity index (χ0) is 9.30. The van der Waals surface area contributed by atoms with Crippen LogP contribution in [0.15, 0.2) is 15.8 Å². The Morgan fingerprint density at radius 1 is 1.50 bits per heavy atom. The Labute approximate surface area is 67.7 Å². The SMILES string of the molecule is CC(=O)n1cc(C)c(=O)[nH]c1=O. The molecule has 0 saturated heterocycles. The Balaban J connectivity index is 3.54. The van der Waals surface area contributed by atoms with Crippen LogP contribution in [0.4, 0.5) is 0 Å². The van der Waals surface area contributed by atoms with Gasteiger partial charge in [-0.05, 0) is 6.92 Å². The van der Waals surface area contributed by atoms with E-state index in [9.17, 15) is 14.4 Å². The molecule has 0 saturated carbocycles. The third-order valence-electron chi connectivity index (χ3n) is 1.46. The lowest BCUT2D eigenvalue weighted by molar-refractivity contribution is 0.0930. The molecule has 1 heterocycles. The van der Waals surface area contributed by atoms with E-state index in [4.69, 9.17) is 0 Å². The standard InChI is InChI=1S/C7H8N2O3/c1-4-3-9(5(2)10)7(12)8-6(4)11/h3H,1-2H3,(H,8,11,12). The predicted molar refractivity (Wildman–Crippen MR) is 42.4 cm³/mol. The number of hydrogen-bond acceptors (Lipinski definition) is 3. The van der Waals surface area contributed by atoms with Crippen LogP contribution in [0.5, 0.6) is 0 Å². The van der Waals surface area contributed by atoms with Crippen molar-refractivity contribution in [2.45, 2.75) is 13.8 Å². The van der Waals surface area contributed by atoms with Crippen molar-refractivity contribution in [3.63, 3.8) is 0 Å². The normalized spacial score (nSPS) is 9.83. The van der Waals surface area contributed by atoms with Crippen LogP contribution in [-0.2, 0) is 0 Å². The number of rotatable bonds is 0. The third-order valence-corrected chi connectivity index (χ3v) is 1.46. The van der Waals surface area contributed by atoms with Crippen molar-refractivity contribution in [3.05, 3.63) is 32.6 Å². The number of nitrogens with one attached hydrogen (secondary N) is 1. The van der Waals surface area contributed by atoms with Gasteiger partial charge in [-0.25, -0.2) is 9.36 Å². The van der Waals surface area contributed by atoms with E-state index in [-0.39, 0.29) is 0 Å². The van der Waals surface area contributed by atoms with Crippen molar-refractivity contribution in [1.29, 1.82) is 0 Å². The van der Waals surface area contributed by atoms with Crippen LogP contribution in [0.3, 0.4) is 0 Å². The van der Waals surface area contributed by atoms with Crippen LogP contribution in [0, 0.1) is 6.92 Å². The van der Waals surface area contributed by atoms with Crippen molar-refractivity contribution in [2.75, 3.05) is 0 Å². The summed E-state index contributed by atoms with van der Waals surface area (Å²) in [6, 6.07) is 0. The average Bonchev–Trinajstić information content (AvgIpc) is 1.96. The van der Waals surface area contributed by atoms with Gasteiger partial charge in [-0.15, -0.1) is 0 Å². The van der Waals surface area contributed by atoms with Crippen LogP contribution in [0.25, 0.3) is 0 Å². The lowest BCUT2D eigenvalue weighted by atomic mass is 10.4. The summed E-state index contributed by atoms with van der Waals surface area (Å²) in [7, 11) is 0. The number of carbonyl (C=O) groups is 1. The first-order valence-electron chi connectivity index (χ1n) is 3.36. The molecule has 0 aliphatic carbocycles. The van der Waals surface area contributed by atoms with Crippen molar-refractivity contribution in [3.8, 4) is 0 Å². The van der Waals surface area contributed by atoms with Gasteiger partial charge in [-0.3, -0.25) is 14.6 Å². The van der Waals surface area contributed by atoms with E-state index in [1.165, 1.54) is 20.0 Å². The largest absolute Gasteiger partial charge is 0.335 e. The van der Waals surface area contributed by atoms with Crippen molar-refractivity contribution < 1.29 is 4.79 Å². The van der Waals surface area contributed by atoms with Crippen LogP contribution in [-0.4, -0.2) is 15.5 Å². The minimum atomic E-state index is -0.696. The van der Waals surface area contributed by atoms with Crippen molar-refractivity contribution >= 4 is 5.91 Å². The molecule has 0 spiro atoms. The molecular weight excluding hydrogens is 160 g/mol. The number of aromatic nitrogens is 2. The van der Waals surface area contributed by atoms with Gasteiger partial charge >= 0.3 is 5.69 Å². The molecule has 1 aromatic heterocycles. The number of aryl methyl sites for hydroxylation is 1. The molecule has 0 radical (unpaired) electrons. The Morgan fingerprint density at radius 2 is 2.08 bits per heavy atom. The fourth-order valence-electron chi connectivity index (χ4n) is 0.801. The molecule has 0 atom stereocenters. The Bertz CT molecular complexity index is 427. The maximum absolute atomic E-state index is 10.9. The molecular formula is C7H8N2O3. The maximum atomic E-state index is 10.9. The zero-order valence-electron chi connectivity index (χ0n) is 6.75. The Hall–Kier alpha value is -1.65. The summed E-state index contributed by atoms with van der Waals surface area (Å²) in [4.78, 5) is 34.5. The molecule has 5 nitrogen and oxygen atoms in total. The van der Waals surface area contributed by atoms with Gasteiger partial charge in [0.05, 0.1) is 0 Å². The van der Waals surface area contributed by atoms with Crippen LogP contribution < -0.4 is 11.2 Å². The molecule has 0 aliphatic heterocycles. The van der Waals surface area contributed by atoms with E-state index < -0.39 is 17.2 Å². The molecule has 0 unspecified atom stereocenters. The van der Waals surface area contributed by atoms with Gasteiger partial charge < -0.3 is 0 Å². The fraction of sp³-hybridized carbons (Fsp3) is 0.286. The van der Waals surface area contributed by atoms with Gasteiger partial charge in [0.15, 0.2) is 0 Å². The minimum absolute atomic E-state index is 0.338. The first kappa shape index (κ1) is 8.45. The van der Waals surface area contributed by atoms with Gasteiger partial charge in [0, 0.05) is 18.7 Å². The van der Waals surface area contributed by atoms with Crippen LogP contribution in [0.2, 0.25) is 0 Å². The lowest BCUT2D eigenvalue weighted by Crippen LogP contribution is -2.33. The van der Waals surface area contributed by atoms with Gasteiger partial charge in [0.2, 0.25) is 5.91 Å². The topological polar surface area (TPSA) is 71.9 Å². The number of hydrogen-bond donors (Lipinski definition) is 1. The number of carbonyl (C=O) groups excluding carboxylic acids is 1. The smallest absolute Gasteiger partial charge is 0.274 e. The highest BCUT2D eigenvalue weighted by atomic mass is 16.2. The molecule has 12 heavy (non-hydrogen) atoms. The van der Waals surface area contributed by atoms with Crippen LogP contribution >= 0.6 is 0 Å². The van der Waals surface area contributed by atoms with Crippen LogP contribution in [0.1, 0.15) is 17.3 Å². The quantitative estimate of drug-likeness (QED) is 0.567. The second-order valence-corrected chi connectivity index (χ2v) is 2.46. The molecule has 1 rings (SSSR count). The molecule has 1 N–H and O–H groups in total. The fourth-order valence-corrected chi connectivity index (χ4v) is 0.801. The number of aromatic amines is 1. The Kier molecular flexibility index (Phi) is 1.95. The monoisotopic (exact) mass is 168 g/mol. The molecule has 1 aromatic rings. The summed E-state index contributed by atoms with van der Waals surface area (Å²) in [5, 5.41) is 0. The highest BCUT2D eigenvalue weighted by molar-refractivity contribution is 5.75. The molecule has 64 valence electrons. The van der Waals surface area contributed by atoms with Gasteiger partial charge in [0.1, 0.15) is 0 Å². The number of H-pyrrole nitrogens is 1. The summed E-state index contributed by atoms with van der Waals surface area (Å²) >= 11 is 0. The minimum Gasteiger partial charge on any atom is -0.274 e.